The molecular weight excluding hydrogens is 220 g/mol. The molecule has 0 amide bonds. The third-order valence-electron chi connectivity index (χ3n) is 2.43. The van der Waals surface area contributed by atoms with E-state index in [-0.39, 0.29) is 12.4 Å². The Kier molecular flexibility index (Phi) is 4.03. The van der Waals surface area contributed by atoms with Crippen LogP contribution >= 0.6 is 0 Å². The van der Waals surface area contributed by atoms with Crippen LogP contribution in [-0.4, -0.2) is 29.9 Å². The maximum atomic E-state index is 11.4. The van der Waals surface area contributed by atoms with Crippen LogP contribution in [0.5, 0.6) is 0 Å². The Morgan fingerprint density at radius 2 is 2.06 bits per heavy atom. The molecular formula is C13H14O4. The van der Waals surface area contributed by atoms with Crippen molar-refractivity contribution >= 4 is 5.78 Å². The summed E-state index contributed by atoms with van der Waals surface area (Å²) in [6.45, 7) is 0.572. The summed E-state index contributed by atoms with van der Waals surface area (Å²) in [6.07, 6.45) is 0.914. The minimum Gasteiger partial charge on any atom is -0.374 e. The van der Waals surface area contributed by atoms with Crippen molar-refractivity contribution in [2.24, 2.45) is 0 Å². The van der Waals surface area contributed by atoms with Gasteiger partial charge in [-0.05, 0) is 17.7 Å². The summed E-state index contributed by atoms with van der Waals surface area (Å²) >= 11 is 0. The lowest BCUT2D eigenvalue weighted by molar-refractivity contribution is -0.157. The number of hydrogen-bond donors (Lipinski definition) is 1. The number of carbonyl (C=O) groups is 1. The normalized spacial score (nSPS) is 23.9. The molecule has 0 saturated heterocycles. The first-order chi connectivity index (χ1) is 8.25. The van der Waals surface area contributed by atoms with Crippen LogP contribution in [0.25, 0.3) is 0 Å². The van der Waals surface area contributed by atoms with Gasteiger partial charge in [0.15, 0.2) is 12.1 Å². The van der Waals surface area contributed by atoms with Gasteiger partial charge in [0.25, 0.3) is 0 Å². The quantitative estimate of drug-likeness (QED) is 0.846. The lowest BCUT2D eigenvalue weighted by Crippen LogP contribution is -2.35. The van der Waals surface area contributed by atoms with E-state index in [1.165, 1.54) is 12.2 Å². The molecule has 2 atom stereocenters. The van der Waals surface area contributed by atoms with E-state index in [0.29, 0.717) is 6.61 Å². The van der Waals surface area contributed by atoms with Crippen molar-refractivity contribution in [1.29, 1.82) is 0 Å². The summed E-state index contributed by atoms with van der Waals surface area (Å²) in [4.78, 5) is 11.4. The Morgan fingerprint density at radius 3 is 2.82 bits per heavy atom. The largest absolute Gasteiger partial charge is 0.374 e. The zero-order chi connectivity index (χ0) is 12.1. The minimum absolute atomic E-state index is 0.148. The second kappa shape index (κ2) is 5.72. The smallest absolute Gasteiger partial charge is 0.186 e. The maximum Gasteiger partial charge on any atom is 0.186 e. The van der Waals surface area contributed by atoms with E-state index in [4.69, 9.17) is 9.47 Å². The first kappa shape index (κ1) is 12.0. The number of rotatable bonds is 4. The molecule has 1 aromatic carbocycles. The maximum absolute atomic E-state index is 11.4. The number of ketones is 1. The van der Waals surface area contributed by atoms with E-state index in [1.807, 2.05) is 30.3 Å². The molecule has 1 aliphatic rings. The SMILES string of the molecule is O=C1C=CC(O)O[C@@H]1COCc1ccccc1. The van der Waals surface area contributed by atoms with Gasteiger partial charge in [0.2, 0.25) is 0 Å². The van der Waals surface area contributed by atoms with Crippen molar-refractivity contribution in [3.8, 4) is 0 Å². The van der Waals surface area contributed by atoms with Crippen molar-refractivity contribution in [3.63, 3.8) is 0 Å². The van der Waals surface area contributed by atoms with Gasteiger partial charge in [-0.1, -0.05) is 30.3 Å². The zero-order valence-electron chi connectivity index (χ0n) is 9.28. The molecule has 1 heterocycles. The Bertz CT molecular complexity index is 399. The highest BCUT2D eigenvalue weighted by molar-refractivity contribution is 5.94. The van der Waals surface area contributed by atoms with Gasteiger partial charge in [-0.25, -0.2) is 0 Å². The van der Waals surface area contributed by atoms with Gasteiger partial charge in [0.05, 0.1) is 13.2 Å². The van der Waals surface area contributed by atoms with Gasteiger partial charge in [-0.2, -0.15) is 0 Å². The van der Waals surface area contributed by atoms with Crippen LogP contribution < -0.4 is 0 Å². The molecule has 1 aliphatic heterocycles. The monoisotopic (exact) mass is 234 g/mol. The molecule has 1 aromatic rings. The molecule has 0 spiro atoms. The Labute approximate surface area is 99.5 Å². The van der Waals surface area contributed by atoms with Crippen LogP contribution in [-0.2, 0) is 20.9 Å². The molecule has 4 heteroatoms. The molecule has 1 unspecified atom stereocenters. The first-order valence-corrected chi connectivity index (χ1v) is 5.43. The zero-order valence-corrected chi connectivity index (χ0v) is 9.28. The highest BCUT2D eigenvalue weighted by atomic mass is 16.6. The van der Waals surface area contributed by atoms with E-state index in [9.17, 15) is 9.90 Å². The van der Waals surface area contributed by atoms with Gasteiger partial charge in [-0.15, -0.1) is 0 Å². The minimum atomic E-state index is -1.02. The van der Waals surface area contributed by atoms with E-state index < -0.39 is 12.4 Å². The van der Waals surface area contributed by atoms with Crippen molar-refractivity contribution in [1.82, 2.24) is 0 Å². The summed E-state index contributed by atoms with van der Waals surface area (Å²) in [7, 11) is 0. The van der Waals surface area contributed by atoms with Crippen molar-refractivity contribution in [3.05, 3.63) is 48.0 Å². The Morgan fingerprint density at radius 1 is 1.29 bits per heavy atom. The molecule has 2 rings (SSSR count). The van der Waals surface area contributed by atoms with Gasteiger partial charge in [-0.3, -0.25) is 4.79 Å². The average molecular weight is 234 g/mol. The van der Waals surface area contributed by atoms with Gasteiger partial charge >= 0.3 is 0 Å². The molecule has 0 bridgehead atoms. The lowest BCUT2D eigenvalue weighted by Gasteiger charge is -2.21. The van der Waals surface area contributed by atoms with Gasteiger partial charge in [0.1, 0.15) is 6.10 Å². The number of ether oxygens (including phenoxy) is 2. The third-order valence-corrected chi connectivity index (χ3v) is 2.43. The Hall–Kier alpha value is -1.49. The third kappa shape index (κ3) is 3.49. The molecule has 0 radical (unpaired) electrons. The summed E-state index contributed by atoms with van der Waals surface area (Å²) < 4.78 is 10.4. The van der Waals surface area contributed by atoms with E-state index in [1.54, 1.807) is 0 Å². The number of aliphatic hydroxyl groups excluding tert-OH is 1. The van der Waals surface area contributed by atoms with E-state index >= 15 is 0 Å². The van der Waals surface area contributed by atoms with Crippen LogP contribution in [0.3, 0.4) is 0 Å². The molecule has 90 valence electrons. The second-order valence-electron chi connectivity index (χ2n) is 3.78. The fraction of sp³-hybridized carbons (Fsp3) is 0.308. The predicted octanol–water partition coefficient (Wildman–Crippen LogP) is 1.05. The van der Waals surface area contributed by atoms with Crippen molar-refractivity contribution in [2.45, 2.75) is 19.0 Å². The lowest BCUT2D eigenvalue weighted by atomic mass is 10.2. The number of aliphatic hydroxyl groups is 1. The molecule has 4 nitrogen and oxygen atoms in total. The molecule has 0 saturated carbocycles. The summed E-state index contributed by atoms with van der Waals surface area (Å²) in [5.74, 6) is -0.177. The molecule has 0 aromatic heterocycles. The van der Waals surface area contributed by atoms with E-state index in [0.717, 1.165) is 5.56 Å². The highest BCUT2D eigenvalue weighted by Crippen LogP contribution is 2.09. The standard InChI is InChI=1S/C13H14O4/c14-11-6-7-13(15)17-12(11)9-16-8-10-4-2-1-3-5-10/h1-7,12-13,15H,8-9H2/t12-,13?/m1/s1. The van der Waals surface area contributed by atoms with Gasteiger partial charge in [0, 0.05) is 0 Å². The van der Waals surface area contributed by atoms with Crippen LogP contribution in [0.1, 0.15) is 5.56 Å². The fourth-order valence-corrected chi connectivity index (χ4v) is 1.54. The molecule has 1 N–H and O–H groups in total. The average Bonchev–Trinajstić information content (AvgIpc) is 2.35. The van der Waals surface area contributed by atoms with Crippen molar-refractivity contribution < 1.29 is 19.4 Å². The van der Waals surface area contributed by atoms with Crippen LogP contribution in [0.4, 0.5) is 0 Å². The highest BCUT2D eigenvalue weighted by Gasteiger charge is 2.23. The number of hydrogen-bond acceptors (Lipinski definition) is 4. The van der Waals surface area contributed by atoms with Gasteiger partial charge < -0.3 is 14.6 Å². The number of carbonyl (C=O) groups excluding carboxylic acids is 1. The molecule has 0 fully saturated rings. The topological polar surface area (TPSA) is 55.8 Å². The fourth-order valence-electron chi connectivity index (χ4n) is 1.54. The molecule has 17 heavy (non-hydrogen) atoms. The molecule has 0 aliphatic carbocycles. The Balaban J connectivity index is 1.79. The predicted molar refractivity (Wildman–Crippen MR) is 61.1 cm³/mol. The van der Waals surface area contributed by atoms with Crippen LogP contribution in [0, 0.1) is 0 Å². The van der Waals surface area contributed by atoms with Crippen LogP contribution in [0.2, 0.25) is 0 Å². The second-order valence-corrected chi connectivity index (χ2v) is 3.78. The van der Waals surface area contributed by atoms with E-state index in [2.05, 4.69) is 0 Å². The number of benzene rings is 1. The summed E-state index contributed by atoms with van der Waals surface area (Å²) in [6, 6.07) is 9.66. The summed E-state index contributed by atoms with van der Waals surface area (Å²) in [5.41, 5.74) is 1.03. The summed E-state index contributed by atoms with van der Waals surface area (Å²) in [5, 5.41) is 9.20. The first-order valence-electron chi connectivity index (χ1n) is 5.43. The van der Waals surface area contributed by atoms with Crippen molar-refractivity contribution in [2.75, 3.05) is 6.61 Å². The van der Waals surface area contributed by atoms with Crippen LogP contribution in [0.15, 0.2) is 42.5 Å².